The van der Waals surface area contributed by atoms with E-state index in [-0.39, 0.29) is 25.8 Å². The maximum absolute atomic E-state index is 3.44. The Morgan fingerprint density at radius 3 is 1.71 bits per heavy atom. The molecule has 0 spiro atoms. The Morgan fingerprint density at radius 2 is 1.64 bits per heavy atom. The molecule has 0 unspecified atom stereocenters. The molecule has 0 aromatic heterocycles. The van der Waals surface area contributed by atoms with Crippen LogP contribution in [0.1, 0.15) is 34.6 Å². The summed E-state index contributed by atoms with van der Waals surface area (Å²) in [4.78, 5) is 0. The first kappa shape index (κ1) is 16.2. The molecule has 1 rings (SSSR count). The summed E-state index contributed by atoms with van der Waals surface area (Å²) in [6, 6.07) is 0. The van der Waals surface area contributed by atoms with Crippen molar-refractivity contribution in [3.05, 3.63) is 42.4 Å². The van der Waals surface area contributed by atoms with Gasteiger partial charge in [0.2, 0.25) is 0 Å². The summed E-state index contributed by atoms with van der Waals surface area (Å²) < 4.78 is 0. The second-order valence-corrected chi connectivity index (χ2v) is 3.91. The monoisotopic (exact) mass is 282 g/mol. The van der Waals surface area contributed by atoms with E-state index in [1.54, 1.807) is 0 Å². The topological polar surface area (TPSA) is 0 Å². The van der Waals surface area contributed by atoms with E-state index in [9.17, 15) is 0 Å². The summed E-state index contributed by atoms with van der Waals surface area (Å²) in [6.45, 7) is 17.4. The zero-order chi connectivity index (χ0) is 10.6. The van der Waals surface area contributed by atoms with Gasteiger partial charge in [-0.3, -0.25) is 6.08 Å². The van der Waals surface area contributed by atoms with Crippen LogP contribution in [0.2, 0.25) is 0 Å². The number of allylic oxidation sites excluding steroid dienone is 5. The summed E-state index contributed by atoms with van der Waals surface area (Å²) in [6.07, 6.45) is 4.94. The quantitative estimate of drug-likeness (QED) is 0.463. The average Bonchev–Trinajstić information content (AvgIpc) is 2.16. The number of hydrogen-bond donors (Lipinski definition) is 0. The van der Waals surface area contributed by atoms with Gasteiger partial charge in [-0.2, -0.15) is 11.1 Å². The molecule has 0 heterocycles. The number of rotatable bonds is 0. The predicted octanol–water partition coefficient (Wildman–Crippen LogP) is 4.12. The zero-order valence-electron chi connectivity index (χ0n) is 9.81. The molecule has 1 aliphatic rings. The molecule has 0 bridgehead atoms. The van der Waals surface area contributed by atoms with E-state index in [1.165, 1.54) is 22.8 Å². The zero-order valence-corrected chi connectivity index (χ0v) is 11.4. The first-order chi connectivity index (χ1) is 5.86. The van der Waals surface area contributed by atoms with Crippen molar-refractivity contribution in [1.29, 1.82) is 0 Å². The minimum atomic E-state index is 0. The smallest absolute Gasteiger partial charge is 0.263 e. The summed E-state index contributed by atoms with van der Waals surface area (Å²) >= 11 is 0. The second-order valence-electron chi connectivity index (χ2n) is 3.91. The van der Waals surface area contributed by atoms with Crippen LogP contribution < -0.4 is 0 Å². The largest absolute Gasteiger partial charge is 2.00 e. The van der Waals surface area contributed by atoms with Gasteiger partial charge in [0.1, 0.15) is 0 Å². The van der Waals surface area contributed by atoms with E-state index in [0.29, 0.717) is 0 Å². The van der Waals surface area contributed by atoms with Crippen molar-refractivity contribution in [1.82, 2.24) is 0 Å². The molecule has 0 saturated carbocycles. The van der Waals surface area contributed by atoms with E-state index >= 15 is 0 Å². The van der Waals surface area contributed by atoms with Gasteiger partial charge in [0.05, 0.1) is 0 Å². The molecule has 0 aromatic rings. The minimum absolute atomic E-state index is 0. The van der Waals surface area contributed by atoms with Crippen LogP contribution in [0.3, 0.4) is 0 Å². The fourth-order valence-electron chi connectivity index (χ4n) is 1.41. The Bertz CT molecular complexity index is 254. The van der Waals surface area contributed by atoms with Crippen molar-refractivity contribution in [2.45, 2.75) is 34.6 Å². The van der Waals surface area contributed by atoms with Crippen LogP contribution >= 0.6 is 0 Å². The van der Waals surface area contributed by atoms with E-state index < -0.39 is 0 Å². The second kappa shape index (κ2) is 6.28. The van der Waals surface area contributed by atoms with Crippen molar-refractivity contribution in [3.8, 4) is 0 Å². The molecule has 0 aliphatic heterocycles. The van der Waals surface area contributed by atoms with E-state index in [2.05, 4.69) is 54.2 Å². The van der Waals surface area contributed by atoms with Crippen molar-refractivity contribution < 1.29 is 20.4 Å². The Morgan fingerprint density at radius 1 is 1.29 bits per heavy atom. The fraction of sp³-hybridized carbons (Fsp3) is 0.462. The van der Waals surface area contributed by atoms with E-state index in [4.69, 9.17) is 0 Å². The molecule has 0 radical (unpaired) electrons. The predicted molar refractivity (Wildman–Crippen MR) is 60.1 cm³/mol. The normalized spacial score (nSPS) is 17.6. The van der Waals surface area contributed by atoms with E-state index in [0.717, 1.165) is 0 Å². The molecule has 0 N–H and O–H groups in total. The average molecular weight is 283 g/mol. The molecule has 1 aliphatic carbocycles. The van der Waals surface area contributed by atoms with Crippen LogP contribution in [-0.4, -0.2) is 0 Å². The molecule has 0 amide bonds. The van der Waals surface area contributed by atoms with Gasteiger partial charge in [0, 0.05) is 0 Å². The van der Waals surface area contributed by atoms with E-state index in [1.807, 2.05) is 0 Å². The Hall–Kier alpha value is -0.248. The molecule has 82 valence electrons. The molecule has 0 nitrogen and oxygen atoms in total. The van der Waals surface area contributed by atoms with Crippen molar-refractivity contribution in [2.75, 3.05) is 0 Å². The van der Waals surface area contributed by atoms with Crippen molar-refractivity contribution in [3.63, 3.8) is 0 Å². The molecule has 0 aromatic carbocycles. The van der Waals surface area contributed by atoms with Crippen LogP contribution in [0.4, 0.5) is 0 Å². The van der Waals surface area contributed by atoms with Crippen LogP contribution in [0.25, 0.3) is 0 Å². The van der Waals surface area contributed by atoms with Crippen molar-refractivity contribution in [2.24, 2.45) is 5.41 Å². The first-order valence-corrected chi connectivity index (χ1v) is 4.57. The van der Waals surface area contributed by atoms with Gasteiger partial charge in [-0.05, 0) is 0 Å². The maximum atomic E-state index is 3.44. The van der Waals surface area contributed by atoms with Gasteiger partial charge in [-0.1, -0.05) is 33.1 Å². The summed E-state index contributed by atoms with van der Waals surface area (Å²) in [5.41, 5.74) is 4.39. The molecule has 14 heavy (non-hydrogen) atoms. The molecule has 0 atom stereocenters. The van der Waals surface area contributed by atoms with Crippen LogP contribution in [0, 0.1) is 18.4 Å². The van der Waals surface area contributed by atoms with Gasteiger partial charge in [0.15, 0.2) is 0 Å². The molecular formula is C13H20Pd. The van der Waals surface area contributed by atoms with Gasteiger partial charge in [-0.15, -0.1) is 6.92 Å². The third-order valence-corrected chi connectivity index (χ3v) is 2.56. The summed E-state index contributed by atoms with van der Waals surface area (Å²) in [5, 5.41) is 0. The van der Waals surface area contributed by atoms with Crippen LogP contribution in [0.5, 0.6) is 0 Å². The fourth-order valence-corrected chi connectivity index (χ4v) is 1.41. The third kappa shape index (κ3) is 3.86. The summed E-state index contributed by atoms with van der Waals surface area (Å²) in [5.74, 6) is 0. The molecule has 1 heteroatoms. The molecular weight excluding hydrogens is 263 g/mol. The first-order valence-electron chi connectivity index (χ1n) is 4.57. The molecule has 0 saturated heterocycles. The van der Waals surface area contributed by atoms with Gasteiger partial charge in [0.25, 0.3) is 0 Å². The Kier molecular flexibility index (Phi) is 7.26. The SMILES string of the molecule is C=C[CH2-].CC1=[C-]C(C)(C)C(C)=C1C.[Pd+2]. The third-order valence-electron chi connectivity index (χ3n) is 2.56. The van der Waals surface area contributed by atoms with Crippen molar-refractivity contribution >= 4 is 0 Å². The summed E-state index contributed by atoms with van der Waals surface area (Å²) in [7, 11) is 0. The minimum Gasteiger partial charge on any atom is -0.263 e. The maximum Gasteiger partial charge on any atom is 2.00 e. The Labute approximate surface area is 103 Å². The molecule has 0 fully saturated rings. The standard InChI is InChI=1S/C10H15.C3H5.Pd/c1-7-6-10(4,5)9(3)8(7)2;1-3-2;/h1-5H3;3H,1-2H2;/q2*-1;+2. The Balaban J connectivity index is 0. The van der Waals surface area contributed by atoms with Gasteiger partial charge in [-0.25, -0.2) is 25.2 Å². The number of hydrogen-bond acceptors (Lipinski definition) is 0. The van der Waals surface area contributed by atoms with Crippen LogP contribution in [-0.2, 0) is 20.4 Å². The van der Waals surface area contributed by atoms with Crippen LogP contribution in [0.15, 0.2) is 29.4 Å². The van der Waals surface area contributed by atoms with Gasteiger partial charge < -0.3 is 0 Å². The van der Waals surface area contributed by atoms with Gasteiger partial charge >= 0.3 is 20.4 Å².